The monoisotopic (exact) mass is 438 g/mol. The van der Waals surface area contributed by atoms with Crippen molar-refractivity contribution in [2.24, 2.45) is 0 Å². The van der Waals surface area contributed by atoms with Crippen molar-refractivity contribution in [3.63, 3.8) is 0 Å². The zero-order valence-corrected chi connectivity index (χ0v) is 18.6. The molecule has 0 atom stereocenters. The van der Waals surface area contributed by atoms with Crippen molar-refractivity contribution >= 4 is 40.6 Å². The molecule has 1 aliphatic rings. The maximum absolute atomic E-state index is 12.6. The third kappa shape index (κ3) is 5.50. The summed E-state index contributed by atoms with van der Waals surface area (Å²) in [5.74, 6) is 0.241. The number of hydrogen-bond donors (Lipinski definition) is 1. The molecule has 0 unspecified atom stereocenters. The summed E-state index contributed by atoms with van der Waals surface area (Å²) < 4.78 is 10.4. The van der Waals surface area contributed by atoms with Gasteiger partial charge in [0.2, 0.25) is 5.91 Å². The Labute approximate surface area is 181 Å². The Hall–Kier alpha value is -2.09. The molecular formula is C21H27ClN2O4S. The van der Waals surface area contributed by atoms with Gasteiger partial charge in [-0.15, -0.1) is 23.7 Å². The highest BCUT2D eigenvalue weighted by Crippen LogP contribution is 2.37. The average molecular weight is 439 g/mol. The normalized spacial score (nSPS) is 13.2. The first-order valence-corrected chi connectivity index (χ1v) is 10.3. The maximum atomic E-state index is 12.6. The molecule has 0 radical (unpaired) electrons. The van der Waals surface area contributed by atoms with E-state index in [1.54, 1.807) is 0 Å². The largest absolute Gasteiger partial charge is 0.494 e. The van der Waals surface area contributed by atoms with E-state index in [4.69, 9.17) is 9.47 Å². The highest BCUT2D eigenvalue weighted by atomic mass is 35.5. The van der Waals surface area contributed by atoms with E-state index >= 15 is 0 Å². The number of nitrogens with zero attached hydrogens (tertiary/aromatic N) is 1. The fraction of sp³-hybridized carbons (Fsp3) is 0.429. The number of anilines is 1. The number of nitrogens with one attached hydrogen (secondary N) is 1. The van der Waals surface area contributed by atoms with Crippen molar-refractivity contribution < 1.29 is 19.1 Å². The van der Waals surface area contributed by atoms with Crippen molar-refractivity contribution in [3.8, 4) is 5.75 Å². The molecule has 2 aromatic rings. The maximum Gasteiger partial charge on any atom is 0.341 e. The van der Waals surface area contributed by atoms with Gasteiger partial charge in [0.05, 0.1) is 25.7 Å². The number of ether oxygens (including phenoxy) is 2. The van der Waals surface area contributed by atoms with Crippen molar-refractivity contribution in [1.29, 1.82) is 0 Å². The summed E-state index contributed by atoms with van der Waals surface area (Å²) in [5.41, 5.74) is 2.41. The van der Waals surface area contributed by atoms with Crippen LogP contribution in [-0.2, 0) is 28.9 Å². The zero-order valence-electron chi connectivity index (χ0n) is 16.9. The number of benzene rings is 1. The molecule has 0 bridgehead atoms. The van der Waals surface area contributed by atoms with Gasteiger partial charge in [0, 0.05) is 18.0 Å². The number of hydrogen-bond acceptors (Lipinski definition) is 6. The van der Waals surface area contributed by atoms with Gasteiger partial charge in [-0.1, -0.05) is 19.1 Å². The summed E-state index contributed by atoms with van der Waals surface area (Å²) in [5, 5.41) is 3.52. The lowest BCUT2D eigenvalue weighted by atomic mass is 10.0. The lowest BCUT2D eigenvalue weighted by Gasteiger charge is -2.25. The minimum absolute atomic E-state index is 0. The second-order valence-electron chi connectivity index (χ2n) is 6.62. The minimum atomic E-state index is -0.390. The number of fused-ring (bicyclic) bond motifs is 1. The summed E-state index contributed by atoms with van der Waals surface area (Å²) >= 11 is 1.48. The molecule has 1 amide bonds. The van der Waals surface area contributed by atoms with Gasteiger partial charge >= 0.3 is 5.97 Å². The number of halogens is 1. The van der Waals surface area contributed by atoms with Gasteiger partial charge in [0.15, 0.2) is 0 Å². The Morgan fingerprint density at radius 2 is 1.93 bits per heavy atom. The molecule has 2 heterocycles. The Balaban J connectivity index is 0.00000300. The van der Waals surface area contributed by atoms with Crippen LogP contribution < -0.4 is 10.1 Å². The van der Waals surface area contributed by atoms with Crippen molar-refractivity contribution in [2.45, 2.75) is 33.2 Å². The molecule has 158 valence electrons. The topological polar surface area (TPSA) is 67.9 Å². The molecule has 8 heteroatoms. The van der Waals surface area contributed by atoms with Gasteiger partial charge in [0.1, 0.15) is 10.8 Å². The predicted octanol–water partition coefficient (Wildman–Crippen LogP) is 3.91. The lowest BCUT2D eigenvalue weighted by molar-refractivity contribution is -0.115. The number of carbonyl (C=O) groups excluding carboxylic acids is 2. The third-order valence-corrected chi connectivity index (χ3v) is 5.96. The number of esters is 1. The Bertz CT molecular complexity index is 851. The molecule has 0 aliphatic carbocycles. The SMILES string of the molecule is CCOc1ccc(CC(=O)Nc2sc3c(c2C(=O)OC)CCN(CC)C3)cc1.Cl. The van der Waals surface area contributed by atoms with Gasteiger partial charge in [-0.05, 0) is 43.1 Å². The van der Waals surface area contributed by atoms with Gasteiger partial charge in [0.25, 0.3) is 0 Å². The van der Waals surface area contributed by atoms with Gasteiger partial charge < -0.3 is 14.8 Å². The van der Waals surface area contributed by atoms with Crippen LogP contribution in [0.1, 0.15) is 40.2 Å². The molecule has 6 nitrogen and oxygen atoms in total. The lowest BCUT2D eigenvalue weighted by Crippen LogP contribution is -2.30. The third-order valence-electron chi connectivity index (χ3n) is 4.82. The summed E-state index contributed by atoms with van der Waals surface area (Å²) in [6, 6.07) is 7.47. The van der Waals surface area contributed by atoms with Crippen molar-refractivity contribution in [1.82, 2.24) is 4.90 Å². The molecule has 0 fully saturated rings. The standard InChI is InChI=1S/C21H26N2O4S.ClH/c1-4-23-11-10-16-17(13-23)28-20(19(16)21(25)26-3)22-18(24)12-14-6-8-15(9-7-14)27-5-2;/h6-9H,4-5,10-13H2,1-3H3,(H,22,24);1H. The van der Waals surface area contributed by atoms with Crippen molar-refractivity contribution in [2.75, 3.05) is 32.1 Å². The van der Waals surface area contributed by atoms with Crippen LogP contribution in [0.3, 0.4) is 0 Å². The number of amides is 1. The molecule has 1 aromatic carbocycles. The molecular weight excluding hydrogens is 412 g/mol. The van der Waals surface area contributed by atoms with E-state index in [0.717, 1.165) is 47.8 Å². The van der Waals surface area contributed by atoms with E-state index < -0.39 is 0 Å². The molecule has 0 spiro atoms. The van der Waals surface area contributed by atoms with Crippen molar-refractivity contribution in [3.05, 3.63) is 45.8 Å². The van der Waals surface area contributed by atoms with Crippen LogP contribution in [0.25, 0.3) is 0 Å². The molecule has 1 aliphatic heterocycles. The van der Waals surface area contributed by atoms with Crippen LogP contribution in [0.2, 0.25) is 0 Å². The van der Waals surface area contributed by atoms with Crippen LogP contribution in [0, 0.1) is 0 Å². The first-order valence-electron chi connectivity index (χ1n) is 9.52. The summed E-state index contributed by atoms with van der Waals surface area (Å²) in [6.07, 6.45) is 1.02. The number of likely N-dealkylation sites (N-methyl/N-ethyl adjacent to an activating group) is 1. The number of methoxy groups -OCH3 is 1. The predicted molar refractivity (Wildman–Crippen MR) is 118 cm³/mol. The van der Waals surface area contributed by atoms with Gasteiger partial charge in [-0.3, -0.25) is 9.69 Å². The molecule has 0 saturated heterocycles. The average Bonchev–Trinajstić information content (AvgIpc) is 3.05. The smallest absolute Gasteiger partial charge is 0.341 e. The highest BCUT2D eigenvalue weighted by Gasteiger charge is 2.28. The molecule has 1 aromatic heterocycles. The second kappa shape index (κ2) is 10.6. The fourth-order valence-corrected chi connectivity index (χ4v) is 4.65. The first kappa shape index (κ1) is 23.2. The Morgan fingerprint density at radius 1 is 1.21 bits per heavy atom. The number of thiophene rings is 1. The molecule has 1 N–H and O–H groups in total. The quantitative estimate of drug-likeness (QED) is 0.663. The molecule has 0 saturated carbocycles. The zero-order chi connectivity index (χ0) is 20.1. The van der Waals surface area contributed by atoms with E-state index in [-0.39, 0.29) is 30.7 Å². The highest BCUT2D eigenvalue weighted by molar-refractivity contribution is 7.17. The number of rotatable bonds is 7. The van der Waals surface area contributed by atoms with Crippen LogP contribution >= 0.6 is 23.7 Å². The van der Waals surface area contributed by atoms with Gasteiger partial charge in [-0.2, -0.15) is 0 Å². The minimum Gasteiger partial charge on any atom is -0.494 e. The van der Waals surface area contributed by atoms with Gasteiger partial charge in [-0.25, -0.2) is 4.79 Å². The van der Waals surface area contributed by atoms with E-state index in [2.05, 4.69) is 17.1 Å². The summed E-state index contributed by atoms with van der Waals surface area (Å²) in [7, 11) is 1.37. The fourth-order valence-electron chi connectivity index (χ4n) is 3.36. The van der Waals surface area contributed by atoms with E-state index in [9.17, 15) is 9.59 Å². The van der Waals surface area contributed by atoms with Crippen LogP contribution in [0.5, 0.6) is 5.75 Å². The Morgan fingerprint density at radius 3 is 2.55 bits per heavy atom. The van der Waals surface area contributed by atoms with Crippen LogP contribution in [0.4, 0.5) is 5.00 Å². The van der Waals surface area contributed by atoms with E-state index in [1.165, 1.54) is 18.4 Å². The van der Waals surface area contributed by atoms with Crippen LogP contribution in [0.15, 0.2) is 24.3 Å². The molecule has 3 rings (SSSR count). The molecule has 29 heavy (non-hydrogen) atoms. The second-order valence-corrected chi connectivity index (χ2v) is 7.73. The number of carbonyl (C=O) groups is 2. The van der Waals surface area contributed by atoms with E-state index in [1.807, 2.05) is 31.2 Å². The first-order chi connectivity index (χ1) is 13.5. The van der Waals surface area contributed by atoms with E-state index in [0.29, 0.717) is 17.2 Å². The summed E-state index contributed by atoms with van der Waals surface area (Å²) in [6.45, 7) is 7.33. The Kier molecular flexibility index (Phi) is 8.49. The van der Waals surface area contributed by atoms with Crippen LogP contribution in [-0.4, -0.2) is 43.6 Å². The summed E-state index contributed by atoms with van der Waals surface area (Å²) in [4.78, 5) is 28.4.